The molecule has 0 heterocycles. The molecule has 1 N–H and O–H groups in total. The van der Waals surface area contributed by atoms with Crippen molar-refractivity contribution in [1.29, 1.82) is 5.26 Å². The molecule has 0 unspecified atom stereocenters. The minimum Gasteiger partial charge on any atom is -0.211 e. The van der Waals surface area contributed by atoms with Gasteiger partial charge in [-0.05, 0) is 31.0 Å². The summed E-state index contributed by atoms with van der Waals surface area (Å²) in [5, 5.41) is 8.78. The quantitative estimate of drug-likeness (QED) is 0.646. The number of nitrogens with one attached hydrogen (secondary N) is 1. The summed E-state index contributed by atoms with van der Waals surface area (Å²) in [6.07, 6.45) is 6.21. The Labute approximate surface area is 108 Å². The zero-order valence-electron chi connectivity index (χ0n) is 10.1. The number of sulfonamides is 1. The summed E-state index contributed by atoms with van der Waals surface area (Å²) >= 11 is 0. The molecule has 0 fully saturated rings. The average molecular weight is 262 g/mol. The van der Waals surface area contributed by atoms with Crippen LogP contribution in [0.5, 0.6) is 0 Å². The average Bonchev–Trinajstić information content (AvgIpc) is 2.35. The first-order valence-electron chi connectivity index (χ1n) is 5.45. The molecule has 0 aliphatic carbocycles. The Morgan fingerprint density at radius 1 is 1.44 bits per heavy atom. The van der Waals surface area contributed by atoms with Gasteiger partial charge in [-0.1, -0.05) is 6.07 Å². The molecule has 1 aromatic carbocycles. The fraction of sp³-hybridized carbons (Fsp3) is 0.308. The summed E-state index contributed by atoms with van der Waals surface area (Å²) < 4.78 is 26.5. The van der Waals surface area contributed by atoms with Gasteiger partial charge in [-0.15, -0.1) is 12.3 Å². The molecular weight excluding hydrogens is 248 g/mol. The van der Waals surface area contributed by atoms with Gasteiger partial charge in [0.05, 0.1) is 16.5 Å². The van der Waals surface area contributed by atoms with Crippen molar-refractivity contribution in [2.45, 2.75) is 24.7 Å². The summed E-state index contributed by atoms with van der Waals surface area (Å²) in [5.41, 5.74) is 0.933. The van der Waals surface area contributed by atoms with Crippen molar-refractivity contribution in [3.8, 4) is 18.4 Å². The van der Waals surface area contributed by atoms with Crippen molar-refractivity contribution in [3.63, 3.8) is 0 Å². The number of benzene rings is 1. The first kappa shape index (κ1) is 14.2. The van der Waals surface area contributed by atoms with Crippen LogP contribution in [0.3, 0.4) is 0 Å². The number of nitriles is 1. The Morgan fingerprint density at radius 3 is 2.78 bits per heavy atom. The van der Waals surface area contributed by atoms with E-state index in [0.29, 0.717) is 30.5 Å². The highest BCUT2D eigenvalue weighted by Crippen LogP contribution is 2.16. The fourth-order valence-corrected chi connectivity index (χ4v) is 2.78. The second-order valence-electron chi connectivity index (χ2n) is 3.80. The maximum Gasteiger partial charge on any atom is 0.240 e. The lowest BCUT2D eigenvalue weighted by Gasteiger charge is -2.08. The molecule has 0 spiro atoms. The number of hydrogen-bond donors (Lipinski definition) is 1. The Morgan fingerprint density at radius 2 is 2.17 bits per heavy atom. The largest absolute Gasteiger partial charge is 0.240 e. The molecule has 1 rings (SSSR count). The number of nitrogens with zero attached hydrogens (tertiary/aromatic N) is 1. The van der Waals surface area contributed by atoms with Gasteiger partial charge in [0, 0.05) is 13.0 Å². The smallest absolute Gasteiger partial charge is 0.211 e. The summed E-state index contributed by atoms with van der Waals surface area (Å²) in [5.74, 6) is 2.45. The van der Waals surface area contributed by atoms with E-state index in [4.69, 9.17) is 11.7 Å². The van der Waals surface area contributed by atoms with Crippen LogP contribution in [-0.4, -0.2) is 15.0 Å². The molecule has 0 amide bonds. The second kappa shape index (κ2) is 6.20. The Kier molecular flexibility index (Phi) is 4.91. The maximum atomic E-state index is 12.0. The molecule has 94 valence electrons. The van der Waals surface area contributed by atoms with Gasteiger partial charge in [0.1, 0.15) is 0 Å². The van der Waals surface area contributed by atoms with Crippen LogP contribution < -0.4 is 4.72 Å². The zero-order valence-corrected chi connectivity index (χ0v) is 10.9. The molecule has 0 atom stereocenters. The third kappa shape index (κ3) is 3.59. The third-order valence-electron chi connectivity index (χ3n) is 2.40. The molecule has 0 bridgehead atoms. The first-order valence-corrected chi connectivity index (χ1v) is 6.93. The highest BCUT2D eigenvalue weighted by molar-refractivity contribution is 7.89. The first-order chi connectivity index (χ1) is 8.51. The van der Waals surface area contributed by atoms with E-state index in [0.717, 1.165) is 0 Å². The van der Waals surface area contributed by atoms with E-state index in [2.05, 4.69) is 10.6 Å². The maximum absolute atomic E-state index is 12.0. The normalized spacial score (nSPS) is 10.6. The topological polar surface area (TPSA) is 70.0 Å². The van der Waals surface area contributed by atoms with Gasteiger partial charge in [-0.25, -0.2) is 13.1 Å². The van der Waals surface area contributed by atoms with E-state index >= 15 is 0 Å². The minimum absolute atomic E-state index is 0.141. The molecule has 0 aromatic heterocycles. The lowest BCUT2D eigenvalue weighted by molar-refractivity contribution is 0.579. The van der Waals surface area contributed by atoms with Crippen molar-refractivity contribution in [3.05, 3.63) is 29.3 Å². The highest BCUT2D eigenvalue weighted by atomic mass is 32.2. The van der Waals surface area contributed by atoms with Crippen LogP contribution in [0.2, 0.25) is 0 Å². The van der Waals surface area contributed by atoms with Crippen LogP contribution in [0, 0.1) is 30.6 Å². The van der Waals surface area contributed by atoms with Gasteiger partial charge in [-0.2, -0.15) is 5.26 Å². The molecule has 18 heavy (non-hydrogen) atoms. The number of rotatable bonds is 5. The summed E-state index contributed by atoms with van der Waals surface area (Å²) in [6, 6.07) is 6.51. The summed E-state index contributed by atoms with van der Waals surface area (Å²) in [7, 11) is -3.57. The van der Waals surface area contributed by atoms with Crippen LogP contribution in [0.4, 0.5) is 0 Å². The lowest BCUT2D eigenvalue weighted by atomic mass is 10.2. The zero-order chi connectivity index (χ0) is 13.6. The molecule has 0 saturated carbocycles. The van der Waals surface area contributed by atoms with E-state index in [1.807, 2.05) is 6.07 Å². The van der Waals surface area contributed by atoms with Crippen LogP contribution in [0.25, 0.3) is 0 Å². The number of aryl methyl sites for hydroxylation is 1. The van der Waals surface area contributed by atoms with Gasteiger partial charge >= 0.3 is 0 Å². The van der Waals surface area contributed by atoms with E-state index < -0.39 is 10.0 Å². The predicted molar refractivity (Wildman–Crippen MR) is 69.1 cm³/mol. The van der Waals surface area contributed by atoms with E-state index in [-0.39, 0.29) is 4.90 Å². The summed E-state index contributed by atoms with van der Waals surface area (Å²) in [6.45, 7) is 1.99. The lowest BCUT2D eigenvalue weighted by Crippen LogP contribution is -2.25. The third-order valence-corrected chi connectivity index (χ3v) is 4.00. The van der Waals surface area contributed by atoms with E-state index in [1.165, 1.54) is 6.07 Å². The van der Waals surface area contributed by atoms with Crippen LogP contribution in [0.15, 0.2) is 23.1 Å². The second-order valence-corrected chi connectivity index (χ2v) is 5.53. The molecule has 5 heteroatoms. The number of terminal acetylenes is 1. The van der Waals surface area contributed by atoms with Gasteiger partial charge in [0.15, 0.2) is 0 Å². The van der Waals surface area contributed by atoms with Gasteiger partial charge < -0.3 is 0 Å². The van der Waals surface area contributed by atoms with Crippen LogP contribution >= 0.6 is 0 Å². The Bertz CT molecular complexity index is 607. The molecule has 1 aromatic rings. The number of unbranched alkanes of at least 4 members (excludes halogenated alkanes) is 1. The van der Waals surface area contributed by atoms with Crippen molar-refractivity contribution < 1.29 is 8.42 Å². The van der Waals surface area contributed by atoms with Gasteiger partial charge in [0.25, 0.3) is 0 Å². The predicted octanol–water partition coefficient (Wildman–Crippen LogP) is 1.56. The van der Waals surface area contributed by atoms with E-state index in [1.54, 1.807) is 19.1 Å². The van der Waals surface area contributed by atoms with Crippen molar-refractivity contribution in [2.24, 2.45) is 0 Å². The van der Waals surface area contributed by atoms with E-state index in [9.17, 15) is 8.42 Å². The number of hydrogen-bond acceptors (Lipinski definition) is 3. The molecule has 0 saturated heterocycles. The monoisotopic (exact) mass is 262 g/mol. The highest BCUT2D eigenvalue weighted by Gasteiger charge is 2.16. The van der Waals surface area contributed by atoms with Gasteiger partial charge in [0.2, 0.25) is 10.0 Å². The molecule has 0 aliphatic rings. The Balaban J connectivity index is 2.92. The summed E-state index contributed by atoms with van der Waals surface area (Å²) in [4.78, 5) is 0.141. The van der Waals surface area contributed by atoms with Crippen LogP contribution in [-0.2, 0) is 10.0 Å². The van der Waals surface area contributed by atoms with Crippen molar-refractivity contribution >= 4 is 10.0 Å². The van der Waals surface area contributed by atoms with Crippen molar-refractivity contribution in [2.75, 3.05) is 6.54 Å². The van der Waals surface area contributed by atoms with Crippen LogP contribution in [0.1, 0.15) is 24.0 Å². The van der Waals surface area contributed by atoms with Gasteiger partial charge in [-0.3, -0.25) is 0 Å². The SMILES string of the molecule is C#CCCCNS(=O)(=O)c1cc(C#N)ccc1C. The Hall–Kier alpha value is -1.82. The standard InChI is InChI=1S/C13H14N2O2S/c1-3-4-5-8-15-18(16,17)13-9-12(10-14)7-6-11(13)2/h1,6-7,9,15H,4-5,8H2,2H3. The molecule has 0 radical (unpaired) electrons. The molecule has 0 aliphatic heterocycles. The minimum atomic E-state index is -3.57. The molecule has 4 nitrogen and oxygen atoms in total. The van der Waals surface area contributed by atoms with Crippen molar-refractivity contribution in [1.82, 2.24) is 4.72 Å². The fourth-order valence-electron chi connectivity index (χ4n) is 1.43. The molecular formula is C13H14N2O2S.